The highest BCUT2D eigenvalue weighted by Gasteiger charge is 2.14. The van der Waals surface area contributed by atoms with Crippen molar-refractivity contribution in [1.29, 1.82) is 0 Å². The lowest BCUT2D eigenvalue weighted by atomic mass is 10.1. The Morgan fingerprint density at radius 1 is 0.917 bits per heavy atom. The fraction of sp³-hybridized carbons (Fsp3) is 1.00. The molecular formula is C8H18O2S2. The maximum atomic E-state index is 9.40. The van der Waals surface area contributed by atoms with Gasteiger partial charge in [0.25, 0.3) is 0 Å². The van der Waals surface area contributed by atoms with Crippen LogP contribution in [0.3, 0.4) is 0 Å². The van der Waals surface area contributed by atoms with Gasteiger partial charge < -0.3 is 10.2 Å². The fourth-order valence-electron chi connectivity index (χ4n) is 0.862. The molecule has 0 saturated carbocycles. The van der Waals surface area contributed by atoms with E-state index in [1.807, 2.05) is 12.5 Å². The van der Waals surface area contributed by atoms with Crippen LogP contribution in [0.5, 0.6) is 0 Å². The summed E-state index contributed by atoms with van der Waals surface area (Å²) in [6.45, 7) is 0. The number of hydrogen-bond donors (Lipinski definition) is 2. The molecule has 12 heavy (non-hydrogen) atoms. The van der Waals surface area contributed by atoms with Crippen molar-refractivity contribution in [1.82, 2.24) is 0 Å². The lowest BCUT2D eigenvalue weighted by Crippen LogP contribution is -2.26. The van der Waals surface area contributed by atoms with Crippen LogP contribution in [0.1, 0.15) is 12.8 Å². The highest BCUT2D eigenvalue weighted by atomic mass is 32.2. The van der Waals surface area contributed by atoms with Crippen LogP contribution in [-0.4, -0.2) is 46.4 Å². The highest BCUT2D eigenvalue weighted by molar-refractivity contribution is 7.98. The highest BCUT2D eigenvalue weighted by Crippen LogP contribution is 2.09. The molecule has 0 aromatic carbocycles. The van der Waals surface area contributed by atoms with E-state index in [-0.39, 0.29) is 0 Å². The first-order valence-electron chi connectivity index (χ1n) is 4.06. The topological polar surface area (TPSA) is 40.5 Å². The van der Waals surface area contributed by atoms with Crippen molar-refractivity contribution in [3.63, 3.8) is 0 Å². The van der Waals surface area contributed by atoms with Crippen molar-refractivity contribution >= 4 is 23.5 Å². The average Bonchev–Trinajstić information content (AvgIpc) is 2.10. The molecule has 2 N–H and O–H groups in total. The van der Waals surface area contributed by atoms with Gasteiger partial charge in [-0.05, 0) is 36.9 Å². The Balaban J connectivity index is 3.39. The first kappa shape index (κ1) is 12.6. The molecule has 0 radical (unpaired) electrons. The van der Waals surface area contributed by atoms with E-state index in [0.29, 0.717) is 12.8 Å². The van der Waals surface area contributed by atoms with Crippen molar-refractivity contribution < 1.29 is 10.2 Å². The Hall–Kier alpha value is 0.620. The molecule has 0 fully saturated rings. The summed E-state index contributed by atoms with van der Waals surface area (Å²) in [5.74, 6) is 1.83. The van der Waals surface area contributed by atoms with Gasteiger partial charge in [-0.2, -0.15) is 23.5 Å². The molecule has 0 saturated heterocycles. The molecule has 0 spiro atoms. The molecule has 0 rings (SSSR count). The maximum Gasteiger partial charge on any atom is 0.0807 e. The number of aliphatic hydroxyl groups excluding tert-OH is 2. The zero-order valence-electron chi connectivity index (χ0n) is 7.69. The van der Waals surface area contributed by atoms with E-state index in [4.69, 9.17) is 0 Å². The third kappa shape index (κ3) is 6.17. The lowest BCUT2D eigenvalue weighted by molar-refractivity contribution is 0.0171. The zero-order chi connectivity index (χ0) is 9.40. The van der Waals surface area contributed by atoms with Gasteiger partial charge in [-0.3, -0.25) is 0 Å². The average molecular weight is 210 g/mol. The van der Waals surface area contributed by atoms with Crippen molar-refractivity contribution in [2.45, 2.75) is 25.0 Å². The van der Waals surface area contributed by atoms with Gasteiger partial charge >= 0.3 is 0 Å². The third-order valence-corrected chi connectivity index (χ3v) is 2.97. The van der Waals surface area contributed by atoms with E-state index in [1.165, 1.54) is 0 Å². The molecule has 0 aromatic rings. The number of rotatable bonds is 7. The minimum atomic E-state index is -0.537. The minimum absolute atomic E-state index is 0.537. The van der Waals surface area contributed by atoms with E-state index in [1.54, 1.807) is 23.5 Å². The van der Waals surface area contributed by atoms with Gasteiger partial charge in [0, 0.05) is 0 Å². The second-order valence-electron chi connectivity index (χ2n) is 2.70. The Kier molecular flexibility index (Phi) is 8.65. The monoisotopic (exact) mass is 210 g/mol. The second-order valence-corrected chi connectivity index (χ2v) is 4.67. The standard InChI is InChI=1S/C8H18O2S2/c1-11-5-3-7(9)8(10)4-6-12-2/h7-10H,3-6H2,1-2H3. The fourth-order valence-corrected chi connectivity index (χ4v) is 1.82. The quantitative estimate of drug-likeness (QED) is 0.663. The summed E-state index contributed by atoms with van der Waals surface area (Å²) in [7, 11) is 0. The van der Waals surface area contributed by atoms with Gasteiger partial charge in [0.1, 0.15) is 0 Å². The van der Waals surface area contributed by atoms with Gasteiger partial charge in [0.05, 0.1) is 12.2 Å². The number of thioether (sulfide) groups is 2. The summed E-state index contributed by atoms with van der Waals surface area (Å²) >= 11 is 3.39. The largest absolute Gasteiger partial charge is 0.390 e. The molecule has 0 heterocycles. The summed E-state index contributed by atoms with van der Waals surface area (Å²) in [6.07, 6.45) is 4.31. The molecule has 0 aliphatic rings. The van der Waals surface area contributed by atoms with E-state index in [9.17, 15) is 10.2 Å². The predicted octanol–water partition coefficient (Wildman–Crippen LogP) is 1.21. The first-order valence-corrected chi connectivity index (χ1v) is 6.85. The normalized spacial score (nSPS) is 16.0. The molecule has 0 aliphatic carbocycles. The first-order chi connectivity index (χ1) is 5.72. The third-order valence-electron chi connectivity index (χ3n) is 1.68. The van der Waals surface area contributed by atoms with Crippen LogP contribution in [0.4, 0.5) is 0 Å². The number of aliphatic hydroxyl groups is 2. The van der Waals surface area contributed by atoms with Gasteiger partial charge in [-0.25, -0.2) is 0 Å². The van der Waals surface area contributed by atoms with E-state index < -0.39 is 12.2 Å². The lowest BCUT2D eigenvalue weighted by Gasteiger charge is -2.16. The summed E-state index contributed by atoms with van der Waals surface area (Å²) in [5.41, 5.74) is 0. The Labute approximate surface area is 83.1 Å². The summed E-state index contributed by atoms with van der Waals surface area (Å²) in [6, 6.07) is 0. The Morgan fingerprint density at radius 3 is 1.50 bits per heavy atom. The summed E-state index contributed by atoms with van der Waals surface area (Å²) in [5, 5.41) is 18.8. The van der Waals surface area contributed by atoms with E-state index in [0.717, 1.165) is 11.5 Å². The molecular weight excluding hydrogens is 192 g/mol. The van der Waals surface area contributed by atoms with Crippen LogP contribution in [0.25, 0.3) is 0 Å². The van der Waals surface area contributed by atoms with Gasteiger partial charge in [-0.15, -0.1) is 0 Å². The maximum absolute atomic E-state index is 9.40. The van der Waals surface area contributed by atoms with Crippen molar-refractivity contribution in [2.75, 3.05) is 24.0 Å². The van der Waals surface area contributed by atoms with Crippen LogP contribution in [-0.2, 0) is 0 Å². The molecule has 2 atom stereocenters. The van der Waals surface area contributed by atoms with Crippen LogP contribution in [0.15, 0.2) is 0 Å². The molecule has 0 aromatic heterocycles. The number of hydrogen-bond acceptors (Lipinski definition) is 4. The molecule has 74 valence electrons. The molecule has 0 aliphatic heterocycles. The summed E-state index contributed by atoms with van der Waals surface area (Å²) in [4.78, 5) is 0. The minimum Gasteiger partial charge on any atom is -0.390 e. The smallest absolute Gasteiger partial charge is 0.0807 e. The van der Waals surface area contributed by atoms with Crippen molar-refractivity contribution in [2.24, 2.45) is 0 Å². The Morgan fingerprint density at radius 2 is 1.25 bits per heavy atom. The predicted molar refractivity (Wildman–Crippen MR) is 58.0 cm³/mol. The second kappa shape index (κ2) is 8.23. The van der Waals surface area contributed by atoms with E-state index in [2.05, 4.69) is 0 Å². The van der Waals surface area contributed by atoms with Gasteiger partial charge in [0.15, 0.2) is 0 Å². The van der Waals surface area contributed by atoms with Crippen LogP contribution >= 0.6 is 23.5 Å². The molecule has 4 heteroatoms. The van der Waals surface area contributed by atoms with Crippen molar-refractivity contribution in [3.8, 4) is 0 Å². The van der Waals surface area contributed by atoms with Crippen LogP contribution in [0, 0.1) is 0 Å². The van der Waals surface area contributed by atoms with Crippen LogP contribution < -0.4 is 0 Å². The van der Waals surface area contributed by atoms with Gasteiger partial charge in [-0.1, -0.05) is 0 Å². The molecule has 2 nitrogen and oxygen atoms in total. The molecule has 0 amide bonds. The zero-order valence-corrected chi connectivity index (χ0v) is 9.33. The van der Waals surface area contributed by atoms with Gasteiger partial charge in [0.2, 0.25) is 0 Å². The van der Waals surface area contributed by atoms with Crippen LogP contribution in [0.2, 0.25) is 0 Å². The molecule has 0 bridgehead atoms. The van der Waals surface area contributed by atoms with E-state index >= 15 is 0 Å². The summed E-state index contributed by atoms with van der Waals surface area (Å²) < 4.78 is 0. The SMILES string of the molecule is CSCCC(O)C(O)CCSC. The Bertz CT molecular complexity index is 89.1. The molecule has 2 unspecified atom stereocenters. The van der Waals surface area contributed by atoms with Crippen molar-refractivity contribution in [3.05, 3.63) is 0 Å².